The van der Waals surface area contributed by atoms with Crippen LogP contribution < -0.4 is 4.74 Å². The van der Waals surface area contributed by atoms with Crippen LogP contribution >= 0.6 is 0 Å². The first-order valence-electron chi connectivity index (χ1n) is 8.32. The normalized spacial score (nSPS) is 10.6. The third-order valence-electron chi connectivity index (χ3n) is 3.67. The predicted molar refractivity (Wildman–Crippen MR) is 104 cm³/mol. The summed E-state index contributed by atoms with van der Waals surface area (Å²) in [4.78, 5) is 0. The van der Waals surface area contributed by atoms with Crippen molar-refractivity contribution in [3.05, 3.63) is 102 Å². The molecule has 0 amide bonds. The van der Waals surface area contributed by atoms with Gasteiger partial charge in [-0.25, -0.2) is 0 Å². The lowest BCUT2D eigenvalue weighted by Gasteiger charge is -2.06. The molecule has 0 aliphatic heterocycles. The van der Waals surface area contributed by atoms with Crippen molar-refractivity contribution < 1.29 is 4.74 Å². The van der Waals surface area contributed by atoms with Gasteiger partial charge in [-0.1, -0.05) is 72.8 Å². The number of para-hydroxylation sites is 1. The van der Waals surface area contributed by atoms with Crippen LogP contribution in [0.3, 0.4) is 0 Å². The van der Waals surface area contributed by atoms with E-state index in [1.807, 2.05) is 91.9 Å². The Morgan fingerprint density at radius 3 is 1.96 bits per heavy atom. The van der Waals surface area contributed by atoms with Crippen LogP contribution in [0, 0.1) is 0 Å². The Morgan fingerprint density at radius 2 is 1.36 bits per heavy atom. The topological polar surface area (TPSA) is 34.0 Å². The van der Waals surface area contributed by atoms with E-state index in [-0.39, 0.29) is 0 Å². The zero-order chi connectivity index (χ0) is 17.3. The molecule has 0 aliphatic carbocycles. The molecule has 0 N–H and O–H groups in total. The summed E-state index contributed by atoms with van der Waals surface area (Å²) >= 11 is 0. The smallest absolute Gasteiger partial charge is 0.128 e. The van der Waals surface area contributed by atoms with Crippen molar-refractivity contribution in [2.75, 3.05) is 6.61 Å². The van der Waals surface area contributed by atoms with E-state index in [2.05, 4.69) is 10.2 Å². The Bertz CT molecular complexity index is 814. The highest BCUT2D eigenvalue weighted by Crippen LogP contribution is 2.16. The maximum atomic E-state index is 5.62. The van der Waals surface area contributed by atoms with Crippen molar-refractivity contribution in [3.8, 4) is 5.75 Å². The van der Waals surface area contributed by atoms with Gasteiger partial charge in [0, 0.05) is 16.7 Å². The summed E-state index contributed by atoms with van der Waals surface area (Å²) in [5.74, 6) is 0.810. The Morgan fingerprint density at radius 1 is 0.800 bits per heavy atom. The fourth-order valence-electron chi connectivity index (χ4n) is 2.50. The van der Waals surface area contributed by atoms with Gasteiger partial charge in [0.25, 0.3) is 0 Å². The summed E-state index contributed by atoms with van der Waals surface area (Å²) in [6, 6.07) is 28.0. The Kier molecular flexibility index (Phi) is 5.73. The summed E-state index contributed by atoms with van der Waals surface area (Å²) in [5.41, 5.74) is 3.81. The van der Waals surface area contributed by atoms with Crippen LogP contribution in [0.1, 0.15) is 23.6 Å². The zero-order valence-electron chi connectivity index (χ0n) is 14.2. The second-order valence-corrected chi connectivity index (χ2v) is 5.40. The van der Waals surface area contributed by atoms with Gasteiger partial charge >= 0.3 is 0 Å². The van der Waals surface area contributed by atoms with Crippen LogP contribution in [0.25, 0.3) is 0 Å². The quantitative estimate of drug-likeness (QED) is 0.465. The molecular formula is C22H20N2O. The maximum absolute atomic E-state index is 5.62. The molecule has 0 saturated carbocycles. The first-order valence-corrected chi connectivity index (χ1v) is 8.32. The van der Waals surface area contributed by atoms with E-state index in [4.69, 9.17) is 4.74 Å². The van der Waals surface area contributed by atoms with Crippen LogP contribution in [0.5, 0.6) is 5.75 Å². The molecule has 25 heavy (non-hydrogen) atoms. The number of nitrogens with zero attached hydrogens (tertiary/aromatic N) is 2. The monoisotopic (exact) mass is 328 g/mol. The molecule has 0 aliphatic rings. The SMILES string of the molecule is CCOc1ccccc1/C=N\N=C(c1ccccc1)c1ccccc1. The molecule has 124 valence electrons. The largest absolute Gasteiger partial charge is 0.493 e. The highest BCUT2D eigenvalue weighted by molar-refractivity contribution is 6.12. The minimum Gasteiger partial charge on any atom is -0.493 e. The first kappa shape index (κ1) is 16.7. The van der Waals surface area contributed by atoms with E-state index in [0.29, 0.717) is 6.61 Å². The summed E-state index contributed by atoms with van der Waals surface area (Å²) in [7, 11) is 0. The standard InChI is InChI=1S/C22H20N2O/c1-2-25-21-16-10-9-15-20(21)17-23-24-22(18-11-5-3-6-12-18)19-13-7-4-8-14-19/h3-17H,2H2,1H3/b23-17-. The Balaban J connectivity index is 1.95. The van der Waals surface area contributed by atoms with Gasteiger partial charge in [0.2, 0.25) is 0 Å². The van der Waals surface area contributed by atoms with Crippen molar-refractivity contribution in [1.82, 2.24) is 0 Å². The van der Waals surface area contributed by atoms with E-state index in [0.717, 1.165) is 28.2 Å². The first-order chi connectivity index (χ1) is 12.4. The molecule has 0 unspecified atom stereocenters. The molecule has 3 heteroatoms. The molecule has 0 aromatic heterocycles. The number of ether oxygens (including phenoxy) is 1. The number of rotatable bonds is 6. The molecule has 0 spiro atoms. The van der Waals surface area contributed by atoms with Crippen molar-refractivity contribution in [2.24, 2.45) is 10.2 Å². The molecule has 0 fully saturated rings. The molecule has 3 aromatic rings. The van der Waals surface area contributed by atoms with E-state index in [1.54, 1.807) is 6.21 Å². The molecule has 0 radical (unpaired) electrons. The van der Waals surface area contributed by atoms with Gasteiger partial charge in [-0.15, -0.1) is 5.10 Å². The summed E-state index contributed by atoms with van der Waals surface area (Å²) < 4.78 is 5.62. The van der Waals surface area contributed by atoms with Gasteiger partial charge in [-0.2, -0.15) is 5.10 Å². The fraction of sp³-hybridized carbons (Fsp3) is 0.0909. The molecule has 0 heterocycles. The number of hydrogen-bond acceptors (Lipinski definition) is 3. The van der Waals surface area contributed by atoms with Crippen LogP contribution in [0.4, 0.5) is 0 Å². The lowest BCUT2D eigenvalue weighted by Crippen LogP contribution is -2.02. The summed E-state index contributed by atoms with van der Waals surface area (Å²) in [6.07, 6.45) is 1.73. The Labute approximate surface area is 148 Å². The van der Waals surface area contributed by atoms with Crippen molar-refractivity contribution in [2.45, 2.75) is 6.92 Å². The molecule has 0 bridgehead atoms. The van der Waals surface area contributed by atoms with E-state index < -0.39 is 0 Å². The van der Waals surface area contributed by atoms with E-state index >= 15 is 0 Å². The lowest BCUT2D eigenvalue weighted by atomic mass is 10.0. The average molecular weight is 328 g/mol. The van der Waals surface area contributed by atoms with Crippen LogP contribution in [0.2, 0.25) is 0 Å². The van der Waals surface area contributed by atoms with Gasteiger partial charge in [-0.05, 0) is 19.1 Å². The van der Waals surface area contributed by atoms with E-state index in [1.165, 1.54) is 0 Å². The number of benzene rings is 3. The average Bonchev–Trinajstić information content (AvgIpc) is 2.68. The second kappa shape index (κ2) is 8.60. The highest BCUT2D eigenvalue weighted by Gasteiger charge is 2.06. The minimum absolute atomic E-state index is 0.618. The van der Waals surface area contributed by atoms with Crippen molar-refractivity contribution >= 4 is 11.9 Å². The molecule has 3 nitrogen and oxygen atoms in total. The fourth-order valence-corrected chi connectivity index (χ4v) is 2.50. The molecule has 3 rings (SSSR count). The van der Waals surface area contributed by atoms with Crippen molar-refractivity contribution in [3.63, 3.8) is 0 Å². The van der Waals surface area contributed by atoms with Gasteiger partial charge < -0.3 is 4.74 Å². The van der Waals surface area contributed by atoms with Crippen LogP contribution in [-0.4, -0.2) is 18.5 Å². The van der Waals surface area contributed by atoms with E-state index in [9.17, 15) is 0 Å². The molecule has 0 saturated heterocycles. The van der Waals surface area contributed by atoms with Crippen LogP contribution in [0.15, 0.2) is 95.1 Å². The molecule has 3 aromatic carbocycles. The Hall–Kier alpha value is -3.20. The second-order valence-electron chi connectivity index (χ2n) is 5.40. The van der Waals surface area contributed by atoms with Gasteiger partial charge in [0.1, 0.15) is 11.5 Å². The van der Waals surface area contributed by atoms with Gasteiger partial charge in [0.15, 0.2) is 0 Å². The summed E-state index contributed by atoms with van der Waals surface area (Å²) in [5, 5.41) is 8.81. The van der Waals surface area contributed by atoms with Crippen LogP contribution in [-0.2, 0) is 0 Å². The third kappa shape index (κ3) is 4.42. The molecular weight excluding hydrogens is 308 g/mol. The third-order valence-corrected chi connectivity index (χ3v) is 3.67. The minimum atomic E-state index is 0.618. The lowest BCUT2D eigenvalue weighted by molar-refractivity contribution is 0.340. The highest BCUT2D eigenvalue weighted by atomic mass is 16.5. The maximum Gasteiger partial charge on any atom is 0.128 e. The van der Waals surface area contributed by atoms with Crippen molar-refractivity contribution in [1.29, 1.82) is 0 Å². The summed E-state index contributed by atoms with van der Waals surface area (Å²) in [6.45, 7) is 2.59. The number of hydrogen-bond donors (Lipinski definition) is 0. The molecule has 0 atom stereocenters. The predicted octanol–water partition coefficient (Wildman–Crippen LogP) is 4.96. The van der Waals surface area contributed by atoms with Gasteiger partial charge in [-0.3, -0.25) is 0 Å². The zero-order valence-corrected chi connectivity index (χ0v) is 14.2. The van der Waals surface area contributed by atoms with Gasteiger partial charge in [0.05, 0.1) is 12.8 Å².